The Balaban J connectivity index is 2.88. The predicted molar refractivity (Wildman–Crippen MR) is 78.4 cm³/mol. The molecule has 10 nitrogen and oxygen atoms in total. The molecule has 21 heavy (non-hydrogen) atoms. The first kappa shape index (κ1) is 14.0. The van der Waals surface area contributed by atoms with Gasteiger partial charge in [-0.3, -0.25) is 10.8 Å². The first-order chi connectivity index (χ1) is 9.68. The van der Waals surface area contributed by atoms with E-state index in [0.717, 1.165) is 0 Å². The van der Waals surface area contributed by atoms with Crippen molar-refractivity contribution in [2.45, 2.75) is 0 Å². The fourth-order valence-corrected chi connectivity index (χ4v) is 1.87. The van der Waals surface area contributed by atoms with E-state index in [-0.39, 0.29) is 39.6 Å². The number of carbonyl (C=O) groups is 1. The van der Waals surface area contributed by atoms with Crippen LogP contribution in [0.5, 0.6) is 5.75 Å². The van der Waals surface area contributed by atoms with Crippen LogP contribution < -0.4 is 28.7 Å². The average molecular weight is 291 g/mol. The molecular formula is C11H13N7O3. The van der Waals surface area contributed by atoms with E-state index in [1.54, 1.807) is 0 Å². The van der Waals surface area contributed by atoms with Crippen LogP contribution in [-0.4, -0.2) is 22.7 Å². The van der Waals surface area contributed by atoms with Gasteiger partial charge in [0.25, 0.3) is 0 Å². The molecule has 0 bridgehead atoms. The van der Waals surface area contributed by atoms with Gasteiger partial charge in [-0.25, -0.2) is 4.79 Å². The standard InChI is InChI=1S/C11H13N7O3/c12-3-1(4(13)7(16)9(19)6(3)15)2-5(14)8(17)10(18)21-11(2)20/h17-19H,12-16H2. The fourth-order valence-electron chi connectivity index (χ4n) is 1.87. The van der Waals surface area contributed by atoms with E-state index in [1.165, 1.54) is 0 Å². The summed E-state index contributed by atoms with van der Waals surface area (Å²) in [6.07, 6.45) is 0. The van der Waals surface area contributed by atoms with Crippen molar-refractivity contribution in [3.63, 3.8) is 0 Å². The lowest BCUT2D eigenvalue weighted by Gasteiger charge is -2.22. The summed E-state index contributed by atoms with van der Waals surface area (Å²) in [5.41, 5.74) is 26.0. The molecule has 0 aromatic heterocycles. The number of nitrogen functional groups attached to an aromatic ring is 4. The van der Waals surface area contributed by atoms with Crippen molar-refractivity contribution in [3.8, 4) is 5.75 Å². The molecule has 10 heteroatoms. The van der Waals surface area contributed by atoms with Gasteiger partial charge in [-0.2, -0.15) is 0 Å². The third-order valence-corrected chi connectivity index (χ3v) is 3.04. The van der Waals surface area contributed by atoms with Crippen LogP contribution >= 0.6 is 0 Å². The Hall–Kier alpha value is -3.43. The molecule has 1 aliphatic heterocycles. The summed E-state index contributed by atoms with van der Waals surface area (Å²) in [7, 11) is 0. The molecule has 0 atom stereocenters. The maximum Gasteiger partial charge on any atom is 0.347 e. The first-order valence-corrected chi connectivity index (χ1v) is 5.53. The highest BCUT2D eigenvalue weighted by Gasteiger charge is 2.34. The van der Waals surface area contributed by atoms with Gasteiger partial charge in [0.15, 0.2) is 5.75 Å². The zero-order chi connectivity index (χ0) is 16.1. The number of esters is 1. The number of anilines is 4. The largest absolute Gasteiger partial charge is 0.504 e. The minimum Gasteiger partial charge on any atom is -0.504 e. The number of benzene rings is 1. The van der Waals surface area contributed by atoms with E-state index in [0.29, 0.717) is 0 Å². The molecule has 0 saturated heterocycles. The molecule has 1 aromatic rings. The third-order valence-electron chi connectivity index (χ3n) is 3.04. The smallest absolute Gasteiger partial charge is 0.347 e. The second kappa shape index (κ2) is 4.30. The highest BCUT2D eigenvalue weighted by molar-refractivity contribution is 6.52. The lowest BCUT2D eigenvalue weighted by atomic mass is 9.94. The van der Waals surface area contributed by atoms with E-state index >= 15 is 0 Å². The van der Waals surface area contributed by atoms with Crippen molar-refractivity contribution in [1.29, 1.82) is 10.8 Å². The minimum absolute atomic E-state index is 0.137. The normalized spacial score (nSPS) is 15.3. The number of hydrogen-bond acceptors (Lipinski definition) is 10. The van der Waals surface area contributed by atoms with Crippen molar-refractivity contribution in [3.05, 3.63) is 11.3 Å². The molecule has 0 radical (unpaired) electrons. The zero-order valence-electron chi connectivity index (χ0n) is 10.7. The van der Waals surface area contributed by atoms with Crippen LogP contribution in [0, 0.1) is 10.8 Å². The number of phenolic OH excluding ortho intramolecular Hbond substituents is 1. The molecule has 13 N–H and O–H groups in total. The number of nitrogens with two attached hydrogens (primary N) is 5. The maximum atomic E-state index is 11.9. The van der Waals surface area contributed by atoms with Crippen molar-refractivity contribution >= 4 is 45.9 Å². The van der Waals surface area contributed by atoms with Crippen LogP contribution in [0.1, 0.15) is 5.56 Å². The van der Waals surface area contributed by atoms with Crippen LogP contribution in [0.3, 0.4) is 0 Å². The van der Waals surface area contributed by atoms with Gasteiger partial charge in [0.2, 0.25) is 5.90 Å². The lowest BCUT2D eigenvalue weighted by molar-refractivity contribution is -0.129. The number of hydrogen-bond donors (Lipinski definition) is 8. The molecule has 0 saturated carbocycles. The van der Waals surface area contributed by atoms with E-state index in [9.17, 15) is 9.90 Å². The van der Waals surface area contributed by atoms with Crippen molar-refractivity contribution in [2.24, 2.45) is 5.73 Å². The predicted octanol–water partition coefficient (Wildman–Crippen LogP) is -1.06. The van der Waals surface area contributed by atoms with E-state index < -0.39 is 23.3 Å². The summed E-state index contributed by atoms with van der Waals surface area (Å²) >= 11 is 0. The molecule has 2 rings (SSSR count). The second-order valence-electron chi connectivity index (χ2n) is 4.26. The topological polar surface area (TPSA) is 224 Å². The Morgan fingerprint density at radius 2 is 1.38 bits per heavy atom. The molecule has 1 aromatic carbocycles. The lowest BCUT2D eigenvalue weighted by Crippen LogP contribution is -2.33. The van der Waals surface area contributed by atoms with Crippen LogP contribution in [0.25, 0.3) is 5.57 Å². The van der Waals surface area contributed by atoms with Gasteiger partial charge < -0.3 is 38.5 Å². The van der Waals surface area contributed by atoms with Crippen LogP contribution in [0.4, 0.5) is 22.7 Å². The molecule has 0 unspecified atom stereocenters. The third kappa shape index (κ3) is 1.77. The summed E-state index contributed by atoms with van der Waals surface area (Å²) in [6, 6.07) is 0. The second-order valence-corrected chi connectivity index (χ2v) is 4.26. The Labute approximate surface area is 118 Å². The first-order valence-electron chi connectivity index (χ1n) is 5.53. The van der Waals surface area contributed by atoms with Crippen molar-refractivity contribution in [1.82, 2.24) is 0 Å². The Kier molecular flexibility index (Phi) is 2.86. The molecular weight excluding hydrogens is 278 g/mol. The monoisotopic (exact) mass is 291 g/mol. The van der Waals surface area contributed by atoms with Gasteiger partial charge in [-0.15, -0.1) is 0 Å². The summed E-state index contributed by atoms with van der Waals surface area (Å²) in [4.78, 5) is 11.9. The van der Waals surface area contributed by atoms with Gasteiger partial charge >= 0.3 is 5.97 Å². The number of rotatable bonds is 1. The quantitative estimate of drug-likeness (QED) is 0.180. The molecule has 110 valence electrons. The average Bonchev–Trinajstić information content (AvgIpc) is 2.44. The number of ether oxygens (including phenoxy) is 1. The Bertz CT molecular complexity index is 722. The molecule has 0 amide bonds. The number of phenols is 1. The number of carbonyl (C=O) groups excluding carboxylic acids is 1. The molecule has 0 fully saturated rings. The van der Waals surface area contributed by atoms with Gasteiger partial charge in [-0.1, -0.05) is 0 Å². The van der Waals surface area contributed by atoms with Gasteiger partial charge in [0.05, 0.1) is 22.6 Å². The SMILES string of the molecule is N=C1OC(=O)C(c2c(N)c(N)c(O)c(N)c2N)=C(N)C1=N. The number of nitrogens with one attached hydrogen (secondary N) is 2. The van der Waals surface area contributed by atoms with E-state index in [4.69, 9.17) is 39.5 Å². The van der Waals surface area contributed by atoms with Crippen molar-refractivity contribution < 1.29 is 14.6 Å². The number of aromatic hydroxyl groups is 1. The highest BCUT2D eigenvalue weighted by atomic mass is 16.5. The summed E-state index contributed by atoms with van der Waals surface area (Å²) in [5, 5.41) is 24.5. The highest BCUT2D eigenvalue weighted by Crippen LogP contribution is 2.45. The Morgan fingerprint density at radius 3 is 1.86 bits per heavy atom. The zero-order valence-corrected chi connectivity index (χ0v) is 10.7. The summed E-state index contributed by atoms with van der Waals surface area (Å²) < 4.78 is 4.58. The van der Waals surface area contributed by atoms with Gasteiger partial charge in [-0.05, 0) is 0 Å². The summed E-state index contributed by atoms with van der Waals surface area (Å²) in [5.74, 6) is -2.23. The Morgan fingerprint density at radius 1 is 0.905 bits per heavy atom. The fraction of sp³-hybridized carbons (Fsp3) is 0. The van der Waals surface area contributed by atoms with Crippen molar-refractivity contribution in [2.75, 3.05) is 22.9 Å². The maximum absolute atomic E-state index is 11.9. The van der Waals surface area contributed by atoms with Crippen LogP contribution in [0.2, 0.25) is 0 Å². The molecule has 0 spiro atoms. The molecule has 1 aliphatic rings. The van der Waals surface area contributed by atoms with E-state index in [2.05, 4.69) is 4.74 Å². The minimum atomic E-state index is -1.02. The number of cyclic esters (lactones) is 1. The van der Waals surface area contributed by atoms with Gasteiger partial charge in [0, 0.05) is 5.56 Å². The molecule has 0 aliphatic carbocycles. The molecule has 1 heterocycles. The van der Waals surface area contributed by atoms with Crippen LogP contribution in [0.15, 0.2) is 5.70 Å². The summed E-state index contributed by atoms with van der Waals surface area (Å²) in [6.45, 7) is 0. The van der Waals surface area contributed by atoms with Gasteiger partial charge in [0.1, 0.15) is 17.1 Å². The van der Waals surface area contributed by atoms with Crippen LogP contribution in [-0.2, 0) is 9.53 Å². The van der Waals surface area contributed by atoms with E-state index in [1.807, 2.05) is 0 Å².